The number of halogens is 1. The first-order valence-electron chi connectivity index (χ1n) is 7.12. The molecular formula is C16H19FN2O2S. The van der Waals surface area contributed by atoms with Crippen molar-refractivity contribution in [3.63, 3.8) is 0 Å². The van der Waals surface area contributed by atoms with E-state index in [1.807, 2.05) is 20.8 Å². The van der Waals surface area contributed by atoms with E-state index < -0.39 is 0 Å². The van der Waals surface area contributed by atoms with Gasteiger partial charge in [0.15, 0.2) is 5.76 Å². The number of hydrogen-bond acceptors (Lipinski definition) is 4. The second-order valence-electron chi connectivity index (χ2n) is 5.40. The number of oxazole rings is 1. The quantitative estimate of drug-likeness (QED) is 0.823. The largest absolute Gasteiger partial charge is 0.431 e. The third-order valence-electron chi connectivity index (χ3n) is 2.94. The zero-order valence-corrected chi connectivity index (χ0v) is 13.6. The van der Waals surface area contributed by atoms with Gasteiger partial charge in [-0.1, -0.05) is 25.6 Å². The Morgan fingerprint density at radius 3 is 2.64 bits per heavy atom. The number of carbonyl (C=O) groups excluding carboxylic acids is 1. The third kappa shape index (κ3) is 4.59. The zero-order valence-electron chi connectivity index (χ0n) is 12.8. The van der Waals surface area contributed by atoms with Gasteiger partial charge in [0.1, 0.15) is 5.82 Å². The molecule has 118 valence electrons. The summed E-state index contributed by atoms with van der Waals surface area (Å²) in [7, 11) is 0. The molecule has 0 saturated heterocycles. The van der Waals surface area contributed by atoms with Gasteiger partial charge in [0.2, 0.25) is 5.91 Å². The highest BCUT2D eigenvalue weighted by atomic mass is 32.2. The fourth-order valence-corrected chi connectivity index (χ4v) is 2.46. The molecule has 1 aromatic heterocycles. The van der Waals surface area contributed by atoms with Crippen LogP contribution in [0.2, 0.25) is 0 Å². The van der Waals surface area contributed by atoms with Gasteiger partial charge in [0.25, 0.3) is 5.22 Å². The van der Waals surface area contributed by atoms with Crippen LogP contribution in [0.15, 0.2) is 40.1 Å². The van der Waals surface area contributed by atoms with E-state index in [1.165, 1.54) is 23.9 Å². The number of nitrogens with one attached hydrogen (secondary N) is 1. The van der Waals surface area contributed by atoms with Crippen molar-refractivity contribution in [3.8, 4) is 11.3 Å². The normalized spacial score (nSPS) is 12.4. The Labute approximate surface area is 133 Å². The molecule has 0 saturated carbocycles. The molecule has 1 N–H and O–H groups in total. The van der Waals surface area contributed by atoms with Crippen LogP contribution in [0.1, 0.15) is 20.8 Å². The van der Waals surface area contributed by atoms with Gasteiger partial charge in [-0.2, -0.15) is 0 Å². The van der Waals surface area contributed by atoms with Crippen LogP contribution in [0.4, 0.5) is 4.39 Å². The smallest absolute Gasteiger partial charge is 0.256 e. The average molecular weight is 322 g/mol. The van der Waals surface area contributed by atoms with Gasteiger partial charge in [-0.3, -0.25) is 4.79 Å². The van der Waals surface area contributed by atoms with Gasteiger partial charge >= 0.3 is 0 Å². The van der Waals surface area contributed by atoms with E-state index in [0.717, 1.165) is 5.56 Å². The Morgan fingerprint density at radius 1 is 1.32 bits per heavy atom. The minimum atomic E-state index is -0.298. The van der Waals surface area contributed by atoms with E-state index in [-0.39, 0.29) is 17.0 Å². The molecule has 0 fully saturated rings. The lowest BCUT2D eigenvalue weighted by Crippen LogP contribution is -2.33. The highest BCUT2D eigenvalue weighted by molar-refractivity contribution is 8.00. The first kappa shape index (κ1) is 16.5. The van der Waals surface area contributed by atoms with E-state index in [2.05, 4.69) is 10.3 Å². The highest BCUT2D eigenvalue weighted by Gasteiger charge is 2.17. The second-order valence-corrected chi connectivity index (χ2v) is 6.69. The summed E-state index contributed by atoms with van der Waals surface area (Å²) in [5.74, 6) is 0.624. The third-order valence-corrected chi connectivity index (χ3v) is 3.90. The fourth-order valence-electron chi connectivity index (χ4n) is 1.71. The first-order chi connectivity index (χ1) is 10.5. The number of aromatic nitrogens is 1. The topological polar surface area (TPSA) is 55.1 Å². The summed E-state index contributed by atoms with van der Waals surface area (Å²) in [4.78, 5) is 16.1. The Morgan fingerprint density at radius 2 is 2.00 bits per heavy atom. The van der Waals surface area contributed by atoms with Crippen molar-refractivity contribution in [3.05, 3.63) is 36.3 Å². The predicted octanol–water partition coefficient (Wildman–Crippen LogP) is 3.73. The van der Waals surface area contributed by atoms with Gasteiger partial charge in [-0.25, -0.2) is 9.37 Å². The van der Waals surface area contributed by atoms with Crippen molar-refractivity contribution in [1.82, 2.24) is 10.3 Å². The van der Waals surface area contributed by atoms with Crippen LogP contribution in [-0.4, -0.2) is 22.7 Å². The van der Waals surface area contributed by atoms with Crippen molar-refractivity contribution < 1.29 is 13.6 Å². The molecule has 1 unspecified atom stereocenters. The maximum absolute atomic E-state index is 12.9. The lowest BCUT2D eigenvalue weighted by atomic mass is 10.2. The van der Waals surface area contributed by atoms with Crippen LogP contribution in [0.25, 0.3) is 11.3 Å². The maximum Gasteiger partial charge on any atom is 0.256 e. The number of benzene rings is 1. The van der Waals surface area contributed by atoms with Gasteiger partial charge < -0.3 is 9.73 Å². The monoisotopic (exact) mass is 322 g/mol. The number of thioether (sulfide) groups is 1. The summed E-state index contributed by atoms with van der Waals surface area (Å²) >= 11 is 1.26. The molecule has 6 heteroatoms. The zero-order chi connectivity index (χ0) is 16.1. The van der Waals surface area contributed by atoms with Crippen LogP contribution >= 0.6 is 11.8 Å². The molecule has 0 aliphatic rings. The number of nitrogens with zero attached hydrogens (tertiary/aromatic N) is 1. The maximum atomic E-state index is 12.9. The Kier molecular flexibility index (Phi) is 5.60. The molecule has 0 radical (unpaired) electrons. The minimum absolute atomic E-state index is 0.0415. The molecule has 4 nitrogen and oxygen atoms in total. The molecule has 0 spiro atoms. The van der Waals surface area contributed by atoms with Crippen LogP contribution in [0.5, 0.6) is 0 Å². The van der Waals surface area contributed by atoms with E-state index >= 15 is 0 Å². The van der Waals surface area contributed by atoms with Crippen molar-refractivity contribution in [2.45, 2.75) is 31.2 Å². The fraction of sp³-hybridized carbons (Fsp3) is 0.375. The van der Waals surface area contributed by atoms with Crippen LogP contribution in [0, 0.1) is 11.7 Å². The van der Waals surface area contributed by atoms with Crippen LogP contribution in [-0.2, 0) is 4.79 Å². The van der Waals surface area contributed by atoms with E-state index in [4.69, 9.17) is 4.42 Å². The van der Waals surface area contributed by atoms with Crippen LogP contribution in [0.3, 0.4) is 0 Å². The summed E-state index contributed by atoms with van der Waals surface area (Å²) in [6.07, 6.45) is 1.58. The molecule has 0 bridgehead atoms. The molecule has 0 aliphatic carbocycles. The van der Waals surface area contributed by atoms with E-state index in [9.17, 15) is 9.18 Å². The van der Waals surface area contributed by atoms with Gasteiger partial charge in [0, 0.05) is 12.1 Å². The summed E-state index contributed by atoms with van der Waals surface area (Å²) in [5, 5.41) is 3.01. The molecule has 1 atom stereocenters. The number of hydrogen-bond donors (Lipinski definition) is 1. The summed E-state index contributed by atoms with van der Waals surface area (Å²) in [6.45, 7) is 6.54. The summed E-state index contributed by atoms with van der Waals surface area (Å²) in [6, 6.07) is 5.99. The predicted molar refractivity (Wildman–Crippen MR) is 85.1 cm³/mol. The van der Waals surface area contributed by atoms with E-state index in [0.29, 0.717) is 23.4 Å². The van der Waals surface area contributed by atoms with Gasteiger partial charge in [0.05, 0.1) is 11.4 Å². The molecule has 0 aliphatic heterocycles. The molecule has 2 rings (SSSR count). The average Bonchev–Trinajstić information content (AvgIpc) is 2.93. The SMILES string of the molecule is CC(C)CNC(=O)C(C)Sc1ncc(-c2ccc(F)cc2)o1. The number of rotatable bonds is 6. The van der Waals surface area contributed by atoms with Gasteiger partial charge in [-0.05, 0) is 37.1 Å². The number of carbonyl (C=O) groups is 1. The highest BCUT2D eigenvalue weighted by Crippen LogP contribution is 2.28. The van der Waals surface area contributed by atoms with Crippen molar-refractivity contribution in [2.24, 2.45) is 5.92 Å². The summed E-state index contributed by atoms with van der Waals surface area (Å²) in [5.41, 5.74) is 0.748. The molecule has 2 aromatic rings. The van der Waals surface area contributed by atoms with Crippen molar-refractivity contribution >= 4 is 17.7 Å². The lowest BCUT2D eigenvalue weighted by Gasteiger charge is -2.11. The molecule has 1 aromatic carbocycles. The second kappa shape index (κ2) is 7.45. The standard InChI is InChI=1S/C16H19FN2O2S/c1-10(2)8-18-15(20)11(3)22-16-19-9-14(21-16)12-4-6-13(17)7-5-12/h4-7,9-11H,8H2,1-3H3,(H,18,20). The van der Waals surface area contributed by atoms with Crippen molar-refractivity contribution in [2.75, 3.05) is 6.54 Å². The Hall–Kier alpha value is -1.82. The number of amides is 1. The Bertz CT molecular complexity index is 625. The van der Waals surface area contributed by atoms with Crippen molar-refractivity contribution in [1.29, 1.82) is 0 Å². The van der Waals surface area contributed by atoms with E-state index in [1.54, 1.807) is 18.3 Å². The molecule has 1 amide bonds. The molecule has 1 heterocycles. The first-order valence-corrected chi connectivity index (χ1v) is 8.00. The molecule has 22 heavy (non-hydrogen) atoms. The van der Waals surface area contributed by atoms with Crippen LogP contribution < -0.4 is 5.32 Å². The summed E-state index contributed by atoms with van der Waals surface area (Å²) < 4.78 is 18.5. The van der Waals surface area contributed by atoms with Gasteiger partial charge in [-0.15, -0.1) is 0 Å². The minimum Gasteiger partial charge on any atom is -0.431 e. The Balaban J connectivity index is 1.96. The molecular weight excluding hydrogens is 303 g/mol. The lowest BCUT2D eigenvalue weighted by molar-refractivity contribution is -0.120.